The summed E-state index contributed by atoms with van der Waals surface area (Å²) < 4.78 is 41.9. The maximum absolute atomic E-state index is 14.2. The molecule has 36 heavy (non-hydrogen) atoms. The number of hydrogen-bond donors (Lipinski definition) is 3. The summed E-state index contributed by atoms with van der Waals surface area (Å²) in [5, 5.41) is 21.6. The molecule has 2 aromatic heterocycles. The van der Waals surface area contributed by atoms with Gasteiger partial charge in [0.1, 0.15) is 35.2 Å². The summed E-state index contributed by atoms with van der Waals surface area (Å²) in [5.41, 5.74) is 9.95. The number of halogens is 3. The molecule has 5 N–H and O–H groups in total. The topological polar surface area (TPSA) is 172 Å². The Hall–Kier alpha value is -5.17. The van der Waals surface area contributed by atoms with Crippen LogP contribution in [0, 0.1) is 28.5 Å². The molecular formula is C23H16F3N9O. The summed E-state index contributed by atoms with van der Waals surface area (Å²) >= 11 is 0. The predicted octanol–water partition coefficient (Wildman–Crippen LogP) is 2.81. The van der Waals surface area contributed by atoms with Gasteiger partial charge in [0.2, 0.25) is 5.95 Å². The lowest BCUT2D eigenvalue weighted by molar-refractivity contribution is 0.151. The van der Waals surface area contributed by atoms with E-state index in [4.69, 9.17) is 11.5 Å². The molecule has 13 heteroatoms. The van der Waals surface area contributed by atoms with Crippen LogP contribution < -0.4 is 22.3 Å². The average Bonchev–Trinajstić information content (AvgIpc) is 2.83. The maximum atomic E-state index is 14.2. The number of aromatic nitrogens is 4. The molecule has 0 saturated carbocycles. The zero-order valence-corrected chi connectivity index (χ0v) is 18.3. The Morgan fingerprint density at radius 3 is 2.56 bits per heavy atom. The van der Waals surface area contributed by atoms with Gasteiger partial charge in [-0.3, -0.25) is 9.36 Å². The predicted molar refractivity (Wildman–Crippen MR) is 125 cm³/mol. The number of alkyl halides is 2. The third kappa shape index (κ3) is 4.45. The number of fused-ring (bicyclic) bond motifs is 1. The van der Waals surface area contributed by atoms with Gasteiger partial charge in [0.15, 0.2) is 5.82 Å². The van der Waals surface area contributed by atoms with E-state index in [0.29, 0.717) is 6.07 Å². The summed E-state index contributed by atoms with van der Waals surface area (Å²) in [5.74, 6) is -1.14. The Labute approximate surface area is 201 Å². The molecule has 0 bridgehead atoms. The van der Waals surface area contributed by atoms with Crippen LogP contribution >= 0.6 is 0 Å². The van der Waals surface area contributed by atoms with E-state index >= 15 is 0 Å². The molecule has 10 nitrogen and oxygen atoms in total. The van der Waals surface area contributed by atoms with Crippen molar-refractivity contribution in [2.24, 2.45) is 0 Å². The first-order valence-electron chi connectivity index (χ1n) is 10.3. The van der Waals surface area contributed by atoms with Crippen molar-refractivity contribution < 1.29 is 13.2 Å². The van der Waals surface area contributed by atoms with Crippen LogP contribution in [-0.4, -0.2) is 26.1 Å². The molecule has 180 valence electrons. The van der Waals surface area contributed by atoms with E-state index in [1.54, 1.807) is 6.07 Å². The number of rotatable bonds is 6. The second-order valence-corrected chi connectivity index (χ2v) is 7.50. The average molecular weight is 491 g/mol. The van der Waals surface area contributed by atoms with Crippen molar-refractivity contribution in [3.63, 3.8) is 0 Å². The molecule has 0 spiro atoms. The van der Waals surface area contributed by atoms with Gasteiger partial charge in [0.05, 0.1) is 22.2 Å². The van der Waals surface area contributed by atoms with Gasteiger partial charge in [0.25, 0.3) is 12.0 Å². The molecule has 0 aliphatic rings. The fourth-order valence-corrected chi connectivity index (χ4v) is 3.68. The molecule has 4 rings (SSSR count). The zero-order chi connectivity index (χ0) is 26.0. The molecule has 2 aromatic carbocycles. The normalized spacial score (nSPS) is 10.8. The Morgan fingerprint density at radius 2 is 1.86 bits per heavy atom. The van der Waals surface area contributed by atoms with Gasteiger partial charge in [-0.25, -0.2) is 18.2 Å². The van der Waals surface area contributed by atoms with Crippen molar-refractivity contribution in [1.29, 1.82) is 10.5 Å². The van der Waals surface area contributed by atoms with E-state index in [9.17, 15) is 28.5 Å². The van der Waals surface area contributed by atoms with E-state index in [2.05, 4.69) is 20.3 Å². The van der Waals surface area contributed by atoms with E-state index in [-0.39, 0.29) is 64.1 Å². The van der Waals surface area contributed by atoms with Crippen LogP contribution in [0.25, 0.3) is 16.6 Å². The Bertz CT molecular complexity index is 1640. The SMILES string of the molecule is N#Cc1c(N)nc(N)nc1NCCc1nc2cccc(C#N)c2c(=O)n1-c1cc(F)cc(C(F)F)c1. The molecule has 2 heterocycles. The van der Waals surface area contributed by atoms with E-state index in [1.165, 1.54) is 12.1 Å². The highest BCUT2D eigenvalue weighted by Gasteiger charge is 2.19. The number of nitrogen functional groups attached to an aromatic ring is 2. The first-order valence-corrected chi connectivity index (χ1v) is 10.3. The molecule has 0 atom stereocenters. The fraction of sp³-hybridized carbons (Fsp3) is 0.130. The van der Waals surface area contributed by atoms with Crippen molar-refractivity contribution in [2.45, 2.75) is 12.8 Å². The van der Waals surface area contributed by atoms with Crippen LogP contribution in [0.3, 0.4) is 0 Å². The van der Waals surface area contributed by atoms with Crippen LogP contribution in [0.5, 0.6) is 0 Å². The van der Waals surface area contributed by atoms with Crippen molar-refractivity contribution in [3.05, 3.63) is 75.1 Å². The van der Waals surface area contributed by atoms with Crippen LogP contribution in [0.15, 0.2) is 41.2 Å². The fourth-order valence-electron chi connectivity index (χ4n) is 3.68. The summed E-state index contributed by atoms with van der Waals surface area (Å²) in [6, 6.07) is 10.8. The molecule has 0 unspecified atom stereocenters. The van der Waals surface area contributed by atoms with Crippen LogP contribution in [0.1, 0.15) is 28.9 Å². The lowest BCUT2D eigenvalue weighted by Crippen LogP contribution is -2.26. The summed E-state index contributed by atoms with van der Waals surface area (Å²) in [7, 11) is 0. The molecular weight excluding hydrogens is 475 g/mol. The number of anilines is 3. The van der Waals surface area contributed by atoms with E-state index in [1.807, 2.05) is 12.1 Å². The Kier molecular flexibility index (Phi) is 6.39. The van der Waals surface area contributed by atoms with Crippen LogP contribution in [0.2, 0.25) is 0 Å². The number of nitrogens with zero attached hydrogens (tertiary/aromatic N) is 6. The minimum absolute atomic E-state index is 0.00281. The first-order chi connectivity index (χ1) is 17.2. The summed E-state index contributed by atoms with van der Waals surface area (Å²) in [6.07, 6.45) is -2.99. The van der Waals surface area contributed by atoms with Gasteiger partial charge in [-0.15, -0.1) is 0 Å². The first kappa shape index (κ1) is 24.0. The standard InChI is InChI=1S/C23H16F3N9O/c24-13-6-12(19(25)26)7-14(8-13)35-17(32-16-3-1-2-11(9-27)18(16)22(35)36)4-5-31-21-15(10-28)20(29)33-23(30)34-21/h1-3,6-8,19H,4-5H2,(H5,29,30,31,33,34). The molecule has 0 radical (unpaired) electrons. The highest BCUT2D eigenvalue weighted by Crippen LogP contribution is 2.24. The summed E-state index contributed by atoms with van der Waals surface area (Å²) in [4.78, 5) is 25.6. The highest BCUT2D eigenvalue weighted by atomic mass is 19.3. The summed E-state index contributed by atoms with van der Waals surface area (Å²) in [6.45, 7) is 0.0392. The lowest BCUT2D eigenvalue weighted by Gasteiger charge is -2.16. The monoisotopic (exact) mass is 491 g/mol. The van der Waals surface area contributed by atoms with Gasteiger partial charge < -0.3 is 16.8 Å². The molecule has 0 saturated heterocycles. The van der Waals surface area contributed by atoms with Crippen LogP contribution in [0.4, 0.5) is 30.8 Å². The quantitative estimate of drug-likeness (QED) is 0.366. The highest BCUT2D eigenvalue weighted by molar-refractivity contribution is 5.84. The van der Waals surface area contributed by atoms with Crippen LogP contribution in [-0.2, 0) is 6.42 Å². The number of hydrogen-bond acceptors (Lipinski definition) is 9. The second-order valence-electron chi connectivity index (χ2n) is 7.50. The number of benzene rings is 2. The number of nitrogens with two attached hydrogens (primary N) is 2. The molecule has 4 aromatic rings. The third-order valence-electron chi connectivity index (χ3n) is 5.21. The van der Waals surface area contributed by atoms with E-state index < -0.39 is 23.4 Å². The Balaban J connectivity index is 1.84. The van der Waals surface area contributed by atoms with E-state index in [0.717, 1.165) is 16.7 Å². The van der Waals surface area contributed by atoms with Crippen molar-refractivity contribution in [2.75, 3.05) is 23.3 Å². The van der Waals surface area contributed by atoms with Gasteiger partial charge in [-0.1, -0.05) is 6.07 Å². The Morgan fingerprint density at radius 1 is 1.08 bits per heavy atom. The smallest absolute Gasteiger partial charge is 0.267 e. The minimum atomic E-state index is -2.98. The molecule has 0 fully saturated rings. The van der Waals surface area contributed by atoms with Gasteiger partial charge in [0, 0.05) is 18.5 Å². The third-order valence-corrected chi connectivity index (χ3v) is 5.21. The lowest BCUT2D eigenvalue weighted by atomic mass is 10.1. The van der Waals surface area contributed by atoms with Gasteiger partial charge in [-0.2, -0.15) is 20.5 Å². The van der Waals surface area contributed by atoms with Gasteiger partial charge in [-0.05, 0) is 30.3 Å². The largest absolute Gasteiger partial charge is 0.382 e. The second kappa shape index (κ2) is 9.60. The van der Waals surface area contributed by atoms with Crippen molar-refractivity contribution >= 4 is 28.5 Å². The zero-order valence-electron chi connectivity index (χ0n) is 18.3. The molecule has 0 aliphatic carbocycles. The van der Waals surface area contributed by atoms with Crippen molar-refractivity contribution in [3.8, 4) is 17.8 Å². The molecule has 0 aliphatic heterocycles. The number of nitriles is 2. The molecule has 0 amide bonds. The number of nitrogens with one attached hydrogen (secondary N) is 1. The van der Waals surface area contributed by atoms with Crippen molar-refractivity contribution in [1.82, 2.24) is 19.5 Å². The minimum Gasteiger partial charge on any atom is -0.382 e. The van der Waals surface area contributed by atoms with Gasteiger partial charge >= 0.3 is 0 Å². The maximum Gasteiger partial charge on any atom is 0.267 e.